The minimum atomic E-state index is -1.61. The van der Waals surface area contributed by atoms with Gasteiger partial charge in [0.1, 0.15) is 5.54 Å². The van der Waals surface area contributed by atoms with E-state index in [4.69, 9.17) is 4.74 Å². The fourth-order valence-corrected chi connectivity index (χ4v) is 6.13. The second-order valence-electron chi connectivity index (χ2n) is 11.1. The van der Waals surface area contributed by atoms with Crippen molar-refractivity contribution in [2.24, 2.45) is 11.8 Å². The van der Waals surface area contributed by atoms with Gasteiger partial charge in [-0.05, 0) is 42.4 Å². The summed E-state index contributed by atoms with van der Waals surface area (Å²) >= 11 is 0. The molecule has 3 saturated heterocycles. The Morgan fingerprint density at radius 2 is 1.69 bits per heavy atom. The molecule has 0 spiro atoms. The molecule has 0 aromatic heterocycles. The Kier molecular flexibility index (Phi) is 7.47. The third-order valence-electron chi connectivity index (χ3n) is 8.07. The number of anilines is 1. The van der Waals surface area contributed by atoms with Gasteiger partial charge in [0.2, 0.25) is 11.8 Å². The van der Waals surface area contributed by atoms with Crippen LogP contribution in [0.2, 0.25) is 0 Å². The number of amides is 3. The normalized spacial score (nSPS) is 27.2. The molecule has 0 aliphatic carbocycles. The largest absolute Gasteiger partial charge is 0.465 e. The SMILES string of the molecule is CC(C)(C)c1ccc(N2CCN(C(=O)[C@]3(C4CCOC4)[C@@H](C(=O)NO)CCCN3C(=O)O)CC2)cc1. The molecule has 3 aliphatic heterocycles. The van der Waals surface area contributed by atoms with Crippen LogP contribution in [0.5, 0.6) is 0 Å². The number of carbonyl (C=O) groups is 3. The van der Waals surface area contributed by atoms with Crippen molar-refractivity contribution in [2.45, 2.75) is 51.0 Å². The lowest BCUT2D eigenvalue weighted by atomic mass is 9.66. The highest BCUT2D eigenvalue weighted by Crippen LogP contribution is 2.45. The van der Waals surface area contributed by atoms with Crippen LogP contribution in [0, 0.1) is 11.8 Å². The zero-order valence-electron chi connectivity index (χ0n) is 21.4. The molecule has 1 unspecified atom stereocenters. The van der Waals surface area contributed by atoms with Gasteiger partial charge in [-0.3, -0.25) is 19.7 Å². The van der Waals surface area contributed by atoms with E-state index in [1.54, 1.807) is 10.4 Å². The molecule has 1 aromatic rings. The van der Waals surface area contributed by atoms with E-state index in [1.165, 1.54) is 5.56 Å². The molecule has 3 aliphatic rings. The fourth-order valence-electron chi connectivity index (χ4n) is 6.13. The molecule has 3 heterocycles. The average Bonchev–Trinajstić information content (AvgIpc) is 3.42. The van der Waals surface area contributed by atoms with Gasteiger partial charge < -0.3 is 19.6 Å². The summed E-state index contributed by atoms with van der Waals surface area (Å²) in [7, 11) is 0. The second kappa shape index (κ2) is 10.3. The quantitative estimate of drug-likeness (QED) is 0.427. The number of carboxylic acid groups (broad SMARTS) is 1. The molecule has 3 amide bonds. The zero-order chi connectivity index (χ0) is 26.1. The fraction of sp³-hybridized carbons (Fsp3) is 0.654. The van der Waals surface area contributed by atoms with Gasteiger partial charge in [-0.15, -0.1) is 0 Å². The Labute approximate surface area is 212 Å². The number of likely N-dealkylation sites (tertiary alicyclic amines) is 1. The second-order valence-corrected chi connectivity index (χ2v) is 11.1. The number of rotatable bonds is 4. The third-order valence-corrected chi connectivity index (χ3v) is 8.07. The molecule has 0 radical (unpaired) electrons. The number of piperidine rings is 1. The van der Waals surface area contributed by atoms with E-state index in [9.17, 15) is 24.7 Å². The van der Waals surface area contributed by atoms with Gasteiger partial charge in [0, 0.05) is 50.9 Å². The highest BCUT2D eigenvalue weighted by atomic mass is 16.5. The van der Waals surface area contributed by atoms with Crippen LogP contribution >= 0.6 is 0 Å². The Bertz CT molecular complexity index is 964. The van der Waals surface area contributed by atoms with Crippen LogP contribution in [0.3, 0.4) is 0 Å². The van der Waals surface area contributed by atoms with Gasteiger partial charge >= 0.3 is 6.09 Å². The van der Waals surface area contributed by atoms with Crippen LogP contribution in [0.4, 0.5) is 10.5 Å². The molecule has 36 heavy (non-hydrogen) atoms. The molecule has 3 N–H and O–H groups in total. The Hall–Kier alpha value is -2.85. The van der Waals surface area contributed by atoms with Crippen molar-refractivity contribution < 1.29 is 29.4 Å². The molecule has 10 heteroatoms. The summed E-state index contributed by atoms with van der Waals surface area (Å²) in [5.41, 5.74) is 2.48. The summed E-state index contributed by atoms with van der Waals surface area (Å²) in [6.07, 6.45) is -0.00228. The molecular formula is C26H38N4O6. The summed E-state index contributed by atoms with van der Waals surface area (Å²) in [4.78, 5) is 44.6. The van der Waals surface area contributed by atoms with E-state index in [2.05, 4.69) is 49.9 Å². The Morgan fingerprint density at radius 3 is 2.22 bits per heavy atom. The van der Waals surface area contributed by atoms with Crippen molar-refractivity contribution in [2.75, 3.05) is 50.8 Å². The number of nitrogens with zero attached hydrogens (tertiary/aromatic N) is 3. The van der Waals surface area contributed by atoms with Crippen molar-refractivity contribution in [3.63, 3.8) is 0 Å². The standard InChI is InChI=1S/C26H38N4O6/c1-25(2,3)18-6-8-20(9-7-18)28-12-14-29(15-13-28)23(32)26(19-10-16-36-17-19)21(22(31)27-35)5-4-11-30(26)24(33)34/h6-9,19,21,35H,4-5,10-17H2,1-3H3,(H,27,31)(H,33,34)/t19?,21-,26+/m1/s1. The number of carbonyl (C=O) groups excluding carboxylic acids is 2. The molecule has 198 valence electrons. The van der Waals surface area contributed by atoms with Crippen molar-refractivity contribution in [1.29, 1.82) is 0 Å². The van der Waals surface area contributed by atoms with E-state index in [1.807, 2.05) is 0 Å². The van der Waals surface area contributed by atoms with Crippen LogP contribution in [-0.4, -0.2) is 89.5 Å². The molecule has 4 rings (SSSR count). The van der Waals surface area contributed by atoms with Gasteiger partial charge in [0.05, 0.1) is 12.5 Å². The maximum Gasteiger partial charge on any atom is 0.408 e. The molecule has 3 fully saturated rings. The number of piperazine rings is 1. The molecular weight excluding hydrogens is 464 g/mol. The van der Waals surface area contributed by atoms with Crippen LogP contribution in [-0.2, 0) is 19.7 Å². The monoisotopic (exact) mass is 502 g/mol. The van der Waals surface area contributed by atoms with Gasteiger partial charge in [-0.2, -0.15) is 0 Å². The van der Waals surface area contributed by atoms with Crippen molar-refractivity contribution in [1.82, 2.24) is 15.3 Å². The van der Waals surface area contributed by atoms with Crippen LogP contribution in [0.25, 0.3) is 0 Å². The zero-order valence-corrected chi connectivity index (χ0v) is 21.4. The van der Waals surface area contributed by atoms with Crippen molar-refractivity contribution in [3.8, 4) is 0 Å². The van der Waals surface area contributed by atoms with Crippen LogP contribution in [0.15, 0.2) is 24.3 Å². The molecule has 0 saturated carbocycles. The summed E-state index contributed by atoms with van der Waals surface area (Å²) in [6, 6.07) is 8.47. The van der Waals surface area contributed by atoms with Crippen LogP contribution in [0.1, 0.15) is 45.6 Å². The summed E-state index contributed by atoms with van der Waals surface area (Å²) in [6.45, 7) is 9.31. The number of benzene rings is 1. The number of hydrogen-bond acceptors (Lipinski definition) is 6. The smallest absolute Gasteiger partial charge is 0.408 e. The minimum Gasteiger partial charge on any atom is -0.465 e. The van der Waals surface area contributed by atoms with Crippen molar-refractivity contribution >= 4 is 23.6 Å². The first-order chi connectivity index (χ1) is 17.1. The average molecular weight is 503 g/mol. The Balaban J connectivity index is 1.59. The number of hydroxylamine groups is 1. The van der Waals surface area contributed by atoms with Crippen molar-refractivity contribution in [3.05, 3.63) is 29.8 Å². The first kappa shape index (κ1) is 26.2. The topological polar surface area (TPSA) is 123 Å². The highest BCUT2D eigenvalue weighted by molar-refractivity contribution is 5.97. The summed E-state index contributed by atoms with van der Waals surface area (Å²) < 4.78 is 5.58. The van der Waals surface area contributed by atoms with Gasteiger partial charge in [-0.25, -0.2) is 10.3 Å². The lowest BCUT2D eigenvalue weighted by Gasteiger charge is -2.53. The van der Waals surface area contributed by atoms with E-state index in [0.717, 1.165) is 10.6 Å². The van der Waals surface area contributed by atoms with Crippen LogP contribution < -0.4 is 10.4 Å². The molecule has 1 aromatic carbocycles. The predicted molar refractivity (Wildman–Crippen MR) is 133 cm³/mol. The first-order valence-electron chi connectivity index (χ1n) is 12.8. The van der Waals surface area contributed by atoms with Gasteiger partial charge in [0.25, 0.3) is 0 Å². The molecule has 3 atom stereocenters. The Morgan fingerprint density at radius 1 is 1.03 bits per heavy atom. The number of ether oxygens (including phenoxy) is 1. The third kappa shape index (κ3) is 4.64. The maximum absolute atomic E-state index is 14.3. The summed E-state index contributed by atoms with van der Waals surface area (Å²) in [5.74, 6) is -2.55. The lowest BCUT2D eigenvalue weighted by Crippen LogP contribution is -2.73. The van der Waals surface area contributed by atoms with Gasteiger partial charge in [0.15, 0.2) is 0 Å². The molecule has 10 nitrogen and oxygen atoms in total. The van der Waals surface area contributed by atoms with E-state index < -0.39 is 29.4 Å². The predicted octanol–water partition coefficient (Wildman–Crippen LogP) is 2.30. The van der Waals surface area contributed by atoms with E-state index in [0.29, 0.717) is 52.0 Å². The first-order valence-corrected chi connectivity index (χ1v) is 12.8. The van der Waals surface area contributed by atoms with E-state index in [-0.39, 0.29) is 24.5 Å². The number of hydrogen-bond donors (Lipinski definition) is 3. The van der Waals surface area contributed by atoms with E-state index >= 15 is 0 Å². The summed E-state index contributed by atoms with van der Waals surface area (Å²) in [5, 5.41) is 19.6. The lowest BCUT2D eigenvalue weighted by molar-refractivity contribution is -0.165. The molecule has 0 bridgehead atoms. The maximum atomic E-state index is 14.3. The number of nitrogens with one attached hydrogen (secondary N) is 1. The van der Waals surface area contributed by atoms with Gasteiger partial charge in [-0.1, -0.05) is 32.9 Å². The highest BCUT2D eigenvalue weighted by Gasteiger charge is 2.63. The minimum absolute atomic E-state index is 0.0648.